The summed E-state index contributed by atoms with van der Waals surface area (Å²) in [4.78, 5) is 22.1. The number of aryl methyl sites for hydroxylation is 1. The Bertz CT molecular complexity index is 897. The number of nitrogens with zero attached hydrogens (tertiary/aromatic N) is 5. The van der Waals surface area contributed by atoms with Crippen molar-refractivity contribution in [1.82, 2.24) is 14.8 Å². The van der Waals surface area contributed by atoms with Gasteiger partial charge in [-0.2, -0.15) is 5.10 Å². The van der Waals surface area contributed by atoms with Crippen molar-refractivity contribution >= 4 is 33.8 Å². The summed E-state index contributed by atoms with van der Waals surface area (Å²) in [6.45, 7) is 2.55. The van der Waals surface area contributed by atoms with Crippen LogP contribution < -0.4 is 21.3 Å². The standard InChI is InChI=1S/C21H31N7OS/c1-26-20(27-10-8-15(12-22)9-11-27)17(13-25-26)28(16-6-4-2-3-5-7-16)21(29)18-19(23)30-14-24-18/h4,6,13-16H,2-3,5,7-12,22-23H2,1H3. The first-order chi connectivity index (χ1) is 14.6. The van der Waals surface area contributed by atoms with Gasteiger partial charge in [-0.1, -0.05) is 18.6 Å². The first-order valence-corrected chi connectivity index (χ1v) is 11.6. The molecule has 4 rings (SSSR count). The maximum Gasteiger partial charge on any atom is 0.280 e. The molecule has 0 radical (unpaired) electrons. The van der Waals surface area contributed by atoms with Gasteiger partial charge in [-0.05, 0) is 44.6 Å². The van der Waals surface area contributed by atoms with Crippen molar-refractivity contribution in [3.8, 4) is 0 Å². The molecule has 2 aromatic heterocycles. The molecule has 0 bridgehead atoms. The smallest absolute Gasteiger partial charge is 0.280 e. The molecule has 2 aromatic rings. The summed E-state index contributed by atoms with van der Waals surface area (Å²) in [5.74, 6) is 1.39. The number of rotatable bonds is 5. The van der Waals surface area contributed by atoms with Gasteiger partial charge in [0.2, 0.25) is 0 Å². The third kappa shape index (κ3) is 4.09. The molecular weight excluding hydrogens is 398 g/mol. The predicted octanol–water partition coefficient (Wildman–Crippen LogP) is 2.78. The van der Waals surface area contributed by atoms with Gasteiger partial charge in [-0.25, -0.2) is 4.98 Å². The quantitative estimate of drug-likeness (QED) is 0.708. The first kappa shape index (κ1) is 20.9. The number of hydrogen-bond donors (Lipinski definition) is 2. The number of nitrogens with two attached hydrogens (primary N) is 2. The minimum absolute atomic E-state index is 0.0365. The molecule has 1 fully saturated rings. The van der Waals surface area contributed by atoms with E-state index in [0.29, 0.717) is 16.6 Å². The number of aromatic nitrogens is 3. The Morgan fingerprint density at radius 3 is 2.80 bits per heavy atom. The van der Waals surface area contributed by atoms with Crippen molar-refractivity contribution in [3.05, 3.63) is 29.6 Å². The number of allylic oxidation sites excluding steroid dienone is 1. The molecule has 0 spiro atoms. The fraction of sp³-hybridized carbons (Fsp3) is 0.571. The number of carbonyl (C=O) groups is 1. The van der Waals surface area contributed by atoms with Crippen LogP contribution in [-0.4, -0.2) is 46.3 Å². The molecule has 1 aliphatic carbocycles. The van der Waals surface area contributed by atoms with E-state index in [1.165, 1.54) is 11.3 Å². The maximum absolute atomic E-state index is 13.7. The molecular formula is C21H31N7OS. The second-order valence-electron chi connectivity index (χ2n) is 8.16. The average molecular weight is 430 g/mol. The Balaban J connectivity index is 1.73. The van der Waals surface area contributed by atoms with Crippen molar-refractivity contribution < 1.29 is 4.79 Å². The van der Waals surface area contributed by atoms with Gasteiger partial charge in [0.25, 0.3) is 5.91 Å². The number of carbonyl (C=O) groups excluding carboxylic acids is 1. The van der Waals surface area contributed by atoms with Crippen molar-refractivity contribution in [1.29, 1.82) is 0 Å². The largest absolute Gasteiger partial charge is 0.389 e. The number of piperidine rings is 1. The van der Waals surface area contributed by atoms with Gasteiger partial charge in [-0.15, -0.1) is 11.3 Å². The Hall–Kier alpha value is -2.39. The minimum atomic E-state index is -0.156. The molecule has 9 heteroatoms. The van der Waals surface area contributed by atoms with Crippen LogP contribution in [0.15, 0.2) is 23.9 Å². The molecule has 30 heavy (non-hydrogen) atoms. The Morgan fingerprint density at radius 1 is 1.30 bits per heavy atom. The minimum Gasteiger partial charge on any atom is -0.389 e. The lowest BCUT2D eigenvalue weighted by Gasteiger charge is -2.36. The van der Waals surface area contributed by atoms with Crippen LogP contribution in [0, 0.1) is 5.92 Å². The van der Waals surface area contributed by atoms with Gasteiger partial charge in [0.15, 0.2) is 11.5 Å². The monoisotopic (exact) mass is 429 g/mol. The fourth-order valence-corrected chi connectivity index (χ4v) is 5.01. The van der Waals surface area contributed by atoms with E-state index in [0.717, 1.165) is 69.7 Å². The molecule has 1 saturated heterocycles. The molecule has 1 aliphatic heterocycles. The van der Waals surface area contributed by atoms with Crippen molar-refractivity contribution in [2.24, 2.45) is 18.7 Å². The van der Waals surface area contributed by atoms with E-state index in [1.54, 1.807) is 5.51 Å². The van der Waals surface area contributed by atoms with E-state index in [1.807, 2.05) is 22.8 Å². The number of hydrogen-bond acceptors (Lipinski definition) is 7. The number of anilines is 3. The average Bonchev–Trinajstić information content (AvgIpc) is 3.24. The maximum atomic E-state index is 13.7. The van der Waals surface area contributed by atoms with Crippen molar-refractivity contribution in [3.63, 3.8) is 0 Å². The van der Waals surface area contributed by atoms with Gasteiger partial charge < -0.3 is 16.4 Å². The fourth-order valence-electron chi connectivity index (χ4n) is 4.49. The van der Waals surface area contributed by atoms with Crippen LogP contribution in [0.2, 0.25) is 0 Å². The topological polar surface area (TPSA) is 106 Å². The Kier molecular flexibility index (Phi) is 6.38. The van der Waals surface area contributed by atoms with Gasteiger partial charge in [-0.3, -0.25) is 14.4 Å². The molecule has 1 amide bonds. The van der Waals surface area contributed by atoms with Crippen LogP contribution in [0.25, 0.3) is 0 Å². The molecule has 0 aromatic carbocycles. The second-order valence-corrected chi connectivity index (χ2v) is 9.05. The van der Waals surface area contributed by atoms with Crippen molar-refractivity contribution in [2.45, 2.75) is 44.6 Å². The van der Waals surface area contributed by atoms with Gasteiger partial charge in [0, 0.05) is 20.1 Å². The summed E-state index contributed by atoms with van der Waals surface area (Å²) in [6.07, 6.45) is 12.4. The number of nitrogen functional groups attached to an aromatic ring is 1. The molecule has 3 heterocycles. The van der Waals surface area contributed by atoms with E-state index in [9.17, 15) is 4.79 Å². The van der Waals surface area contributed by atoms with E-state index < -0.39 is 0 Å². The van der Waals surface area contributed by atoms with E-state index in [4.69, 9.17) is 11.5 Å². The molecule has 1 unspecified atom stereocenters. The first-order valence-electron chi connectivity index (χ1n) is 10.8. The lowest BCUT2D eigenvalue weighted by Crippen LogP contribution is -2.42. The summed E-state index contributed by atoms with van der Waals surface area (Å²) < 4.78 is 1.88. The van der Waals surface area contributed by atoms with Gasteiger partial charge in [0.05, 0.1) is 17.7 Å². The van der Waals surface area contributed by atoms with Crippen LogP contribution in [0.4, 0.5) is 16.5 Å². The van der Waals surface area contributed by atoms with E-state index in [-0.39, 0.29) is 11.9 Å². The van der Waals surface area contributed by atoms with E-state index in [2.05, 4.69) is 27.1 Å². The van der Waals surface area contributed by atoms with Crippen LogP contribution >= 0.6 is 11.3 Å². The third-order valence-electron chi connectivity index (χ3n) is 6.22. The number of amides is 1. The van der Waals surface area contributed by atoms with Crippen LogP contribution in [0.5, 0.6) is 0 Å². The van der Waals surface area contributed by atoms with Crippen molar-refractivity contribution in [2.75, 3.05) is 35.2 Å². The summed E-state index contributed by atoms with van der Waals surface area (Å²) in [5.41, 5.74) is 14.8. The number of thiazole rings is 1. The second kappa shape index (κ2) is 9.18. The SMILES string of the molecule is Cn1ncc(N(C(=O)c2ncsc2N)C2C=CCCCC2)c1N1CCC(CN)CC1. The molecule has 0 saturated carbocycles. The van der Waals surface area contributed by atoms with Gasteiger partial charge >= 0.3 is 0 Å². The lowest BCUT2D eigenvalue weighted by molar-refractivity contribution is 0.0977. The molecule has 1 atom stereocenters. The lowest BCUT2D eigenvalue weighted by atomic mass is 9.97. The highest BCUT2D eigenvalue weighted by atomic mass is 32.1. The van der Waals surface area contributed by atoms with E-state index >= 15 is 0 Å². The van der Waals surface area contributed by atoms with Crippen LogP contribution in [-0.2, 0) is 7.05 Å². The summed E-state index contributed by atoms with van der Waals surface area (Å²) in [6, 6.07) is -0.0365. The summed E-state index contributed by atoms with van der Waals surface area (Å²) in [7, 11) is 1.94. The highest BCUT2D eigenvalue weighted by Crippen LogP contribution is 2.36. The Morgan fingerprint density at radius 2 is 2.10 bits per heavy atom. The zero-order valence-corrected chi connectivity index (χ0v) is 18.4. The summed E-state index contributed by atoms with van der Waals surface area (Å²) in [5, 5.41) is 4.99. The highest BCUT2D eigenvalue weighted by molar-refractivity contribution is 7.14. The summed E-state index contributed by atoms with van der Waals surface area (Å²) >= 11 is 1.29. The third-order valence-corrected chi connectivity index (χ3v) is 6.88. The molecule has 4 N–H and O–H groups in total. The zero-order chi connectivity index (χ0) is 21.1. The normalized spacial score (nSPS) is 20.3. The predicted molar refractivity (Wildman–Crippen MR) is 122 cm³/mol. The molecule has 8 nitrogen and oxygen atoms in total. The van der Waals surface area contributed by atoms with Gasteiger partial charge in [0.1, 0.15) is 10.7 Å². The highest BCUT2D eigenvalue weighted by Gasteiger charge is 2.33. The zero-order valence-electron chi connectivity index (χ0n) is 17.5. The van der Waals surface area contributed by atoms with Crippen LogP contribution in [0.3, 0.4) is 0 Å². The Labute approximate surface area is 181 Å². The van der Waals surface area contributed by atoms with Crippen LogP contribution in [0.1, 0.15) is 49.0 Å². The molecule has 162 valence electrons. The molecule has 2 aliphatic rings.